The molecule has 2 amide bonds. The van der Waals surface area contributed by atoms with E-state index in [2.05, 4.69) is 0 Å². The van der Waals surface area contributed by atoms with Crippen LogP contribution in [0.25, 0.3) is 0 Å². The molecule has 0 saturated heterocycles. The Bertz CT molecular complexity index is 784. The van der Waals surface area contributed by atoms with E-state index in [1.165, 1.54) is 10.5 Å². The van der Waals surface area contributed by atoms with Crippen molar-refractivity contribution in [3.63, 3.8) is 0 Å². The highest BCUT2D eigenvalue weighted by Crippen LogP contribution is 2.17. The maximum atomic E-state index is 13.1. The first-order valence-electron chi connectivity index (χ1n) is 9.48. The minimum atomic E-state index is -0.800. The Balaban J connectivity index is 0.00000420. The van der Waals surface area contributed by atoms with Gasteiger partial charge in [-0.15, -0.1) is 12.4 Å². The number of primary amides is 1. The molecule has 7 heteroatoms. The van der Waals surface area contributed by atoms with Crippen molar-refractivity contribution in [1.29, 1.82) is 0 Å². The Morgan fingerprint density at radius 3 is 2.14 bits per heavy atom. The van der Waals surface area contributed by atoms with Gasteiger partial charge in [0.2, 0.25) is 11.8 Å². The third kappa shape index (κ3) is 7.07. The molecule has 158 valence electrons. The van der Waals surface area contributed by atoms with Gasteiger partial charge in [0.15, 0.2) is 0 Å². The summed E-state index contributed by atoms with van der Waals surface area (Å²) in [6, 6.07) is 14.8. The number of phenols is 1. The van der Waals surface area contributed by atoms with E-state index in [0.29, 0.717) is 12.8 Å². The minimum absolute atomic E-state index is 0. The smallest absolute Gasteiger partial charge is 0.240 e. The zero-order chi connectivity index (χ0) is 20.7. The van der Waals surface area contributed by atoms with Crippen LogP contribution in [0.1, 0.15) is 31.4 Å². The molecule has 0 aromatic heterocycles. The van der Waals surface area contributed by atoms with Gasteiger partial charge in [0, 0.05) is 6.04 Å². The van der Waals surface area contributed by atoms with Crippen LogP contribution in [0.5, 0.6) is 5.75 Å². The molecule has 0 radical (unpaired) electrons. The van der Waals surface area contributed by atoms with Gasteiger partial charge in [-0.3, -0.25) is 9.59 Å². The van der Waals surface area contributed by atoms with Crippen LogP contribution < -0.4 is 11.5 Å². The second kappa shape index (κ2) is 11.4. The predicted molar refractivity (Wildman–Crippen MR) is 117 cm³/mol. The summed E-state index contributed by atoms with van der Waals surface area (Å²) in [7, 11) is 0. The van der Waals surface area contributed by atoms with Crippen molar-refractivity contribution in [3.05, 3.63) is 65.7 Å². The van der Waals surface area contributed by atoms with Crippen molar-refractivity contribution in [3.8, 4) is 5.75 Å². The van der Waals surface area contributed by atoms with Crippen molar-refractivity contribution in [1.82, 2.24) is 4.90 Å². The molecule has 3 atom stereocenters. The van der Waals surface area contributed by atoms with Crippen molar-refractivity contribution < 1.29 is 14.7 Å². The molecule has 6 nitrogen and oxygen atoms in total. The van der Waals surface area contributed by atoms with Gasteiger partial charge in [0.25, 0.3) is 0 Å². The largest absolute Gasteiger partial charge is 0.508 e. The number of carbonyl (C=O) groups excluding carboxylic acids is 2. The number of hydrogen-bond acceptors (Lipinski definition) is 4. The first-order chi connectivity index (χ1) is 13.3. The molecular weight excluding hydrogens is 390 g/mol. The third-order valence-corrected chi connectivity index (χ3v) is 4.96. The van der Waals surface area contributed by atoms with E-state index < -0.39 is 18.0 Å². The maximum Gasteiger partial charge on any atom is 0.240 e. The van der Waals surface area contributed by atoms with Gasteiger partial charge >= 0.3 is 0 Å². The lowest BCUT2D eigenvalue weighted by molar-refractivity contribution is -0.142. The molecule has 0 aliphatic carbocycles. The predicted octanol–water partition coefficient (Wildman–Crippen LogP) is 2.41. The van der Waals surface area contributed by atoms with E-state index in [-0.39, 0.29) is 30.1 Å². The lowest BCUT2D eigenvalue weighted by atomic mass is 10.0. The fraction of sp³-hybridized carbons (Fsp3) is 0.364. The van der Waals surface area contributed by atoms with Crippen LogP contribution in [0.4, 0.5) is 0 Å². The molecule has 29 heavy (non-hydrogen) atoms. The second-order valence-electron chi connectivity index (χ2n) is 7.17. The van der Waals surface area contributed by atoms with Crippen molar-refractivity contribution in [2.75, 3.05) is 0 Å². The number of rotatable bonds is 9. The highest BCUT2D eigenvalue weighted by molar-refractivity contribution is 5.89. The van der Waals surface area contributed by atoms with E-state index in [9.17, 15) is 14.7 Å². The molecule has 0 saturated carbocycles. The number of benzene rings is 2. The zero-order valence-corrected chi connectivity index (χ0v) is 17.6. The number of nitrogens with two attached hydrogens (primary N) is 2. The molecule has 2 rings (SSSR count). The fourth-order valence-electron chi connectivity index (χ4n) is 3.25. The molecule has 0 aliphatic heterocycles. The molecule has 2 aromatic carbocycles. The lowest BCUT2D eigenvalue weighted by Crippen LogP contribution is -2.56. The SMILES string of the molecule is C[C@H](CCc1ccccc1)N(C(=O)[C@@H](N)Cc1ccc(O)cc1)[C@H](C)C(N)=O.Cl. The van der Waals surface area contributed by atoms with Crippen LogP contribution in [0.2, 0.25) is 0 Å². The number of amides is 2. The van der Waals surface area contributed by atoms with Crippen LogP contribution in [0, 0.1) is 0 Å². The molecule has 5 N–H and O–H groups in total. The molecule has 0 bridgehead atoms. The van der Waals surface area contributed by atoms with Crippen molar-refractivity contribution in [2.45, 2.75) is 51.2 Å². The van der Waals surface area contributed by atoms with Crippen LogP contribution in [0.15, 0.2) is 54.6 Å². The first kappa shape index (κ1) is 24.5. The van der Waals surface area contributed by atoms with E-state index in [4.69, 9.17) is 11.5 Å². The second-order valence-corrected chi connectivity index (χ2v) is 7.17. The van der Waals surface area contributed by atoms with E-state index in [1.807, 2.05) is 37.3 Å². The number of nitrogens with zero attached hydrogens (tertiary/aromatic N) is 1. The van der Waals surface area contributed by atoms with E-state index in [1.54, 1.807) is 31.2 Å². The quantitative estimate of drug-likeness (QED) is 0.579. The number of hydrogen-bond donors (Lipinski definition) is 3. The number of aryl methyl sites for hydroxylation is 1. The summed E-state index contributed by atoms with van der Waals surface area (Å²) in [5.41, 5.74) is 13.7. The van der Waals surface area contributed by atoms with Crippen LogP contribution in [-0.4, -0.2) is 39.9 Å². The minimum Gasteiger partial charge on any atom is -0.508 e. The Labute approximate surface area is 178 Å². The molecule has 0 unspecified atom stereocenters. The van der Waals surface area contributed by atoms with Crippen molar-refractivity contribution >= 4 is 24.2 Å². The molecule has 0 heterocycles. The summed E-state index contributed by atoms with van der Waals surface area (Å²) in [5.74, 6) is -0.709. The molecule has 0 spiro atoms. The Hall–Kier alpha value is -2.57. The fourth-order valence-corrected chi connectivity index (χ4v) is 3.25. The summed E-state index contributed by atoms with van der Waals surface area (Å²) in [6.07, 6.45) is 1.79. The van der Waals surface area contributed by atoms with E-state index >= 15 is 0 Å². The summed E-state index contributed by atoms with van der Waals surface area (Å²) >= 11 is 0. The lowest BCUT2D eigenvalue weighted by Gasteiger charge is -2.35. The average Bonchev–Trinajstić information content (AvgIpc) is 2.68. The van der Waals surface area contributed by atoms with Crippen LogP contribution in [0.3, 0.4) is 0 Å². The number of carbonyl (C=O) groups is 2. The van der Waals surface area contributed by atoms with Crippen LogP contribution in [-0.2, 0) is 22.4 Å². The number of phenolic OH excluding ortho intramolecular Hbond substituents is 1. The number of aromatic hydroxyl groups is 1. The third-order valence-electron chi connectivity index (χ3n) is 4.96. The average molecular weight is 420 g/mol. The zero-order valence-electron chi connectivity index (χ0n) is 16.8. The molecular formula is C22H30ClN3O3. The molecule has 0 aliphatic rings. The van der Waals surface area contributed by atoms with Crippen LogP contribution >= 0.6 is 12.4 Å². The number of halogens is 1. The van der Waals surface area contributed by atoms with Gasteiger partial charge in [-0.25, -0.2) is 0 Å². The summed E-state index contributed by atoms with van der Waals surface area (Å²) in [5, 5.41) is 9.39. The molecule has 0 fully saturated rings. The normalized spacial score (nSPS) is 13.6. The molecule has 2 aromatic rings. The Morgan fingerprint density at radius 2 is 1.59 bits per heavy atom. The Morgan fingerprint density at radius 1 is 1.00 bits per heavy atom. The van der Waals surface area contributed by atoms with Gasteiger partial charge in [-0.05, 0) is 56.4 Å². The monoisotopic (exact) mass is 419 g/mol. The van der Waals surface area contributed by atoms with Gasteiger partial charge in [0.1, 0.15) is 11.8 Å². The maximum absolute atomic E-state index is 13.1. The highest BCUT2D eigenvalue weighted by atomic mass is 35.5. The van der Waals surface area contributed by atoms with E-state index in [0.717, 1.165) is 12.0 Å². The summed E-state index contributed by atoms with van der Waals surface area (Å²) in [6.45, 7) is 3.54. The topological polar surface area (TPSA) is 110 Å². The summed E-state index contributed by atoms with van der Waals surface area (Å²) in [4.78, 5) is 26.4. The Kier molecular flexibility index (Phi) is 9.65. The standard InChI is InChI=1S/C22H29N3O3.ClH/c1-15(8-9-17-6-4-3-5-7-17)25(16(2)21(24)27)22(28)20(23)14-18-10-12-19(26)13-11-18;/h3-7,10-13,15-16,20,26H,8-9,14,23H2,1-2H3,(H2,24,27);1H/t15-,16-,20+;/m1./s1. The van der Waals surface area contributed by atoms with Gasteiger partial charge in [-0.1, -0.05) is 42.5 Å². The first-order valence-corrected chi connectivity index (χ1v) is 9.48. The highest BCUT2D eigenvalue weighted by Gasteiger charge is 2.31. The summed E-state index contributed by atoms with van der Waals surface area (Å²) < 4.78 is 0. The van der Waals surface area contributed by atoms with Crippen molar-refractivity contribution in [2.24, 2.45) is 11.5 Å². The van der Waals surface area contributed by atoms with Gasteiger partial charge < -0.3 is 21.5 Å². The van der Waals surface area contributed by atoms with Gasteiger partial charge in [0.05, 0.1) is 6.04 Å². The van der Waals surface area contributed by atoms with Gasteiger partial charge in [-0.2, -0.15) is 0 Å².